The van der Waals surface area contributed by atoms with Crippen LogP contribution < -0.4 is 4.74 Å². The van der Waals surface area contributed by atoms with Gasteiger partial charge in [-0.25, -0.2) is 0 Å². The number of pyridine rings is 1. The van der Waals surface area contributed by atoms with Crippen LogP contribution in [-0.4, -0.2) is 21.3 Å². The van der Waals surface area contributed by atoms with Gasteiger partial charge in [-0.3, -0.25) is 4.98 Å². The Balaban J connectivity index is 1.86. The minimum Gasteiger partial charge on any atom is -0.476 e. The summed E-state index contributed by atoms with van der Waals surface area (Å²) >= 11 is 9.58. The maximum absolute atomic E-state index is 12.1. The topological polar surface area (TPSA) is 86.4 Å². The van der Waals surface area contributed by atoms with Crippen LogP contribution >= 0.6 is 27.5 Å². The number of rotatable bonds is 2. The minimum atomic E-state index is -1.94. The number of aliphatic hydroxyl groups excluding tert-OH is 1. The second kappa shape index (κ2) is 6.79. The normalized spacial score (nSPS) is 31.5. The lowest BCUT2D eigenvalue weighted by Gasteiger charge is -2.40. The molecule has 2 aromatic carbocycles. The fourth-order valence-corrected chi connectivity index (χ4v) is 5.38. The SMILES string of the molecule is N#C[C@H]1[C@@H](O)[C@@]2(O)c3ncc(Cl)cc3O[C@@]2(c2ccc(Br)cc2)[C@@H]1c1ccccc1. The van der Waals surface area contributed by atoms with Crippen molar-refractivity contribution < 1.29 is 14.9 Å². The van der Waals surface area contributed by atoms with E-state index in [1.54, 1.807) is 6.07 Å². The third-order valence-electron chi connectivity index (χ3n) is 6.16. The number of nitrogens with zero attached hydrogens (tertiary/aromatic N) is 2. The summed E-state index contributed by atoms with van der Waals surface area (Å²) in [7, 11) is 0. The number of ether oxygens (including phenoxy) is 1. The Bertz CT molecular complexity index is 1170. The summed E-state index contributed by atoms with van der Waals surface area (Å²) in [5, 5.41) is 33.8. The third-order valence-corrected chi connectivity index (χ3v) is 6.90. The molecule has 1 aliphatic carbocycles. The number of hydrogen-bond donors (Lipinski definition) is 2. The van der Waals surface area contributed by atoms with Crippen LogP contribution in [0.5, 0.6) is 5.75 Å². The van der Waals surface area contributed by atoms with Gasteiger partial charge in [0.15, 0.2) is 11.2 Å². The molecule has 0 amide bonds. The molecule has 5 rings (SSSR count). The molecule has 2 heterocycles. The maximum atomic E-state index is 12.1. The molecule has 1 fully saturated rings. The highest BCUT2D eigenvalue weighted by molar-refractivity contribution is 9.10. The first-order chi connectivity index (χ1) is 14.4. The number of nitriles is 1. The molecule has 1 aliphatic heterocycles. The van der Waals surface area contributed by atoms with Crippen molar-refractivity contribution in [2.75, 3.05) is 0 Å². The number of aromatic nitrogens is 1. The Kier molecular flexibility index (Phi) is 4.42. The summed E-state index contributed by atoms with van der Waals surface area (Å²) < 4.78 is 7.33. The van der Waals surface area contributed by atoms with Gasteiger partial charge in [0.25, 0.3) is 0 Å². The van der Waals surface area contributed by atoms with Crippen LogP contribution in [-0.2, 0) is 11.2 Å². The average molecular weight is 484 g/mol. The number of benzene rings is 2. The van der Waals surface area contributed by atoms with E-state index in [-0.39, 0.29) is 5.69 Å². The fraction of sp³-hybridized carbons (Fsp3) is 0.217. The lowest BCUT2D eigenvalue weighted by Crippen LogP contribution is -2.52. The van der Waals surface area contributed by atoms with E-state index in [9.17, 15) is 15.5 Å². The largest absolute Gasteiger partial charge is 0.476 e. The highest BCUT2D eigenvalue weighted by Gasteiger charge is 2.77. The van der Waals surface area contributed by atoms with Gasteiger partial charge in [-0.2, -0.15) is 5.26 Å². The molecule has 30 heavy (non-hydrogen) atoms. The lowest BCUT2D eigenvalue weighted by atomic mass is 9.71. The molecule has 1 aromatic heterocycles. The average Bonchev–Trinajstić information content (AvgIpc) is 3.12. The number of halogens is 2. The van der Waals surface area contributed by atoms with Gasteiger partial charge in [-0.05, 0) is 23.3 Å². The molecule has 2 N–H and O–H groups in total. The van der Waals surface area contributed by atoms with Crippen molar-refractivity contribution >= 4 is 27.5 Å². The van der Waals surface area contributed by atoms with Gasteiger partial charge in [0.1, 0.15) is 17.5 Å². The zero-order valence-corrected chi connectivity index (χ0v) is 17.9. The van der Waals surface area contributed by atoms with E-state index in [1.807, 2.05) is 54.6 Å². The van der Waals surface area contributed by atoms with Crippen molar-refractivity contribution in [1.82, 2.24) is 4.98 Å². The number of hydrogen-bond acceptors (Lipinski definition) is 5. The molecule has 0 saturated heterocycles. The Labute approximate surface area is 186 Å². The van der Waals surface area contributed by atoms with Gasteiger partial charge in [-0.1, -0.05) is 70.0 Å². The second-order valence-electron chi connectivity index (χ2n) is 7.60. The molecule has 0 unspecified atom stereocenters. The molecule has 2 aliphatic rings. The lowest BCUT2D eigenvalue weighted by molar-refractivity contribution is -0.152. The molecular weight excluding hydrogens is 468 g/mol. The van der Waals surface area contributed by atoms with Gasteiger partial charge >= 0.3 is 0 Å². The third kappa shape index (κ3) is 2.38. The van der Waals surface area contributed by atoms with Crippen LogP contribution in [0.15, 0.2) is 71.3 Å². The summed E-state index contributed by atoms with van der Waals surface area (Å²) in [5.41, 5.74) is -1.81. The molecule has 0 bridgehead atoms. The highest BCUT2D eigenvalue weighted by Crippen LogP contribution is 2.67. The quantitative estimate of drug-likeness (QED) is 0.568. The minimum absolute atomic E-state index is 0.181. The maximum Gasteiger partial charge on any atom is 0.182 e. The van der Waals surface area contributed by atoms with Crippen LogP contribution in [0.3, 0.4) is 0 Å². The van der Waals surface area contributed by atoms with Gasteiger partial charge < -0.3 is 14.9 Å². The predicted octanol–water partition coefficient (Wildman–Crippen LogP) is 4.27. The van der Waals surface area contributed by atoms with E-state index in [1.165, 1.54) is 6.20 Å². The molecule has 5 atom stereocenters. The summed E-state index contributed by atoms with van der Waals surface area (Å²) in [5.74, 6) is -1.28. The zero-order chi connectivity index (χ0) is 21.1. The molecule has 7 heteroatoms. The Morgan fingerprint density at radius 2 is 1.83 bits per heavy atom. The number of aliphatic hydroxyl groups is 2. The van der Waals surface area contributed by atoms with Gasteiger partial charge in [0.2, 0.25) is 0 Å². The van der Waals surface area contributed by atoms with Crippen molar-refractivity contribution in [1.29, 1.82) is 5.26 Å². The molecule has 0 radical (unpaired) electrons. The standard InChI is InChI=1S/C23H16BrClN2O3/c24-15-8-6-14(7-9-15)23-19(13-4-2-1-3-5-13)17(11-26)21(28)22(23,29)20-18(30-23)10-16(25)12-27-20/h1-10,12,17,19,21,28-29H/t17-,19-,21-,22+,23+/m1/s1. The van der Waals surface area contributed by atoms with E-state index in [0.29, 0.717) is 16.3 Å². The van der Waals surface area contributed by atoms with Crippen molar-refractivity contribution in [2.45, 2.75) is 23.2 Å². The second-order valence-corrected chi connectivity index (χ2v) is 8.95. The summed E-state index contributed by atoms with van der Waals surface area (Å²) in [6.45, 7) is 0. The first-order valence-corrected chi connectivity index (χ1v) is 10.6. The Hall–Kier alpha value is -2.43. The van der Waals surface area contributed by atoms with E-state index in [0.717, 1.165) is 10.0 Å². The zero-order valence-electron chi connectivity index (χ0n) is 15.5. The molecule has 1 saturated carbocycles. The van der Waals surface area contributed by atoms with Gasteiger partial charge in [-0.15, -0.1) is 0 Å². The monoisotopic (exact) mass is 482 g/mol. The van der Waals surface area contributed by atoms with E-state index in [4.69, 9.17) is 16.3 Å². The van der Waals surface area contributed by atoms with Crippen LogP contribution in [0.1, 0.15) is 22.7 Å². The van der Waals surface area contributed by atoms with Crippen LogP contribution in [0.2, 0.25) is 5.02 Å². The summed E-state index contributed by atoms with van der Waals surface area (Å²) in [4.78, 5) is 4.32. The van der Waals surface area contributed by atoms with Crippen LogP contribution in [0.25, 0.3) is 0 Å². The number of fused-ring (bicyclic) bond motifs is 3. The molecular formula is C23H16BrClN2O3. The fourth-order valence-electron chi connectivity index (χ4n) is 4.97. The van der Waals surface area contributed by atoms with Gasteiger partial charge in [0, 0.05) is 16.7 Å². The van der Waals surface area contributed by atoms with E-state index < -0.39 is 29.1 Å². The van der Waals surface area contributed by atoms with Crippen molar-refractivity contribution in [3.63, 3.8) is 0 Å². The van der Waals surface area contributed by atoms with Gasteiger partial charge in [0.05, 0.1) is 22.9 Å². The van der Waals surface area contributed by atoms with Crippen molar-refractivity contribution in [3.8, 4) is 11.8 Å². The summed E-state index contributed by atoms with van der Waals surface area (Å²) in [6.07, 6.45) is -0.0187. The Morgan fingerprint density at radius 3 is 2.50 bits per heavy atom. The Morgan fingerprint density at radius 1 is 1.13 bits per heavy atom. The molecule has 5 nitrogen and oxygen atoms in total. The highest BCUT2D eigenvalue weighted by atomic mass is 79.9. The molecule has 3 aromatic rings. The first kappa shape index (κ1) is 19.5. The van der Waals surface area contributed by atoms with Crippen LogP contribution in [0.4, 0.5) is 0 Å². The van der Waals surface area contributed by atoms with E-state index >= 15 is 0 Å². The molecule has 0 spiro atoms. The van der Waals surface area contributed by atoms with Crippen molar-refractivity contribution in [2.24, 2.45) is 5.92 Å². The van der Waals surface area contributed by atoms with Crippen LogP contribution in [0, 0.1) is 17.2 Å². The van der Waals surface area contributed by atoms with Crippen molar-refractivity contribution in [3.05, 3.63) is 93.2 Å². The molecule has 150 valence electrons. The summed E-state index contributed by atoms with van der Waals surface area (Å²) in [6, 6.07) is 20.5. The van der Waals surface area contributed by atoms with E-state index in [2.05, 4.69) is 27.0 Å². The first-order valence-electron chi connectivity index (χ1n) is 9.39. The predicted molar refractivity (Wildman–Crippen MR) is 114 cm³/mol. The smallest absolute Gasteiger partial charge is 0.182 e.